The highest BCUT2D eigenvalue weighted by atomic mass is 32.2. The Morgan fingerprint density at radius 3 is 2.44 bits per heavy atom. The molecule has 176 valence electrons. The van der Waals surface area contributed by atoms with Gasteiger partial charge < -0.3 is 4.90 Å². The van der Waals surface area contributed by atoms with Gasteiger partial charge in [-0.3, -0.25) is 18.7 Å². The number of thioether (sulfide) groups is 1. The molecule has 2 heterocycles. The van der Waals surface area contributed by atoms with Gasteiger partial charge in [-0.05, 0) is 68.9 Å². The summed E-state index contributed by atoms with van der Waals surface area (Å²) in [4.78, 5) is 32.9. The Morgan fingerprint density at radius 1 is 1.12 bits per heavy atom. The summed E-state index contributed by atoms with van der Waals surface area (Å²) < 4.78 is 17.7. The summed E-state index contributed by atoms with van der Waals surface area (Å²) in [5.41, 5.74) is 2.46. The van der Waals surface area contributed by atoms with Gasteiger partial charge in [0.25, 0.3) is 5.56 Å². The number of benzene rings is 2. The fourth-order valence-electron chi connectivity index (χ4n) is 3.67. The van der Waals surface area contributed by atoms with Gasteiger partial charge in [-0.25, -0.2) is 9.37 Å². The molecule has 0 aliphatic carbocycles. The molecule has 10 heteroatoms. The molecule has 0 fully saturated rings. The summed E-state index contributed by atoms with van der Waals surface area (Å²) in [5.74, 6) is -0.329. The Labute approximate surface area is 209 Å². The molecule has 0 N–H and O–H groups in total. The van der Waals surface area contributed by atoms with Gasteiger partial charge in [0.05, 0.1) is 17.1 Å². The number of hydrogen-bond donors (Lipinski definition) is 0. The van der Waals surface area contributed by atoms with Crippen LogP contribution >= 0.6 is 35.3 Å². The maximum atomic E-state index is 13.7. The van der Waals surface area contributed by atoms with Crippen LogP contribution in [-0.2, 0) is 4.79 Å². The number of aryl methyl sites for hydroxylation is 1. The van der Waals surface area contributed by atoms with Crippen molar-refractivity contribution in [1.82, 2.24) is 19.0 Å². The summed E-state index contributed by atoms with van der Waals surface area (Å²) in [7, 11) is 0. The van der Waals surface area contributed by atoms with E-state index < -0.39 is 5.82 Å². The topological polar surface area (TPSA) is 60.1 Å². The number of thiazole rings is 1. The second-order valence-electron chi connectivity index (χ2n) is 7.51. The van der Waals surface area contributed by atoms with Crippen LogP contribution in [0.15, 0.2) is 58.5 Å². The quantitative estimate of drug-likeness (QED) is 0.188. The molecule has 2 aromatic heterocycles. The summed E-state index contributed by atoms with van der Waals surface area (Å²) in [6, 6.07) is 13.4. The van der Waals surface area contributed by atoms with Crippen molar-refractivity contribution in [1.29, 1.82) is 0 Å². The van der Waals surface area contributed by atoms with Gasteiger partial charge in [-0.2, -0.15) is 0 Å². The summed E-state index contributed by atoms with van der Waals surface area (Å²) in [6.07, 6.45) is 0. The SMILES string of the molecule is CCN(CC)C(=O)CSc1nc2c(sc(=S)n2-c2ccccc2C)c(=O)n1-c1ccc(F)cc1. The van der Waals surface area contributed by atoms with E-state index in [1.54, 1.807) is 9.47 Å². The summed E-state index contributed by atoms with van der Waals surface area (Å²) in [6.45, 7) is 7.02. The lowest BCUT2D eigenvalue weighted by Crippen LogP contribution is -2.32. The van der Waals surface area contributed by atoms with Crippen molar-refractivity contribution in [3.63, 3.8) is 0 Å². The maximum absolute atomic E-state index is 13.7. The summed E-state index contributed by atoms with van der Waals surface area (Å²) >= 11 is 8.00. The zero-order valence-electron chi connectivity index (χ0n) is 18.9. The number of carbonyl (C=O) groups is 1. The molecule has 6 nitrogen and oxygen atoms in total. The highest BCUT2D eigenvalue weighted by molar-refractivity contribution is 7.99. The zero-order chi connectivity index (χ0) is 24.4. The van der Waals surface area contributed by atoms with Crippen molar-refractivity contribution >= 4 is 51.6 Å². The van der Waals surface area contributed by atoms with Crippen LogP contribution in [0.1, 0.15) is 19.4 Å². The standard InChI is InChI=1S/C24H23FN4O2S3/c1-4-27(5-2)19(30)14-33-23-26-21-20(22(31)28(23)17-12-10-16(25)11-13-17)34-24(32)29(21)18-9-7-6-8-15(18)3/h6-13H,4-5,14H2,1-3H3. The van der Waals surface area contributed by atoms with Gasteiger partial charge in [0.15, 0.2) is 14.8 Å². The number of amides is 1. The minimum Gasteiger partial charge on any atom is -0.343 e. The van der Waals surface area contributed by atoms with Gasteiger partial charge in [-0.15, -0.1) is 0 Å². The van der Waals surface area contributed by atoms with E-state index in [4.69, 9.17) is 17.2 Å². The largest absolute Gasteiger partial charge is 0.343 e. The number of aromatic nitrogens is 3. The summed E-state index contributed by atoms with van der Waals surface area (Å²) in [5, 5.41) is 0.347. The van der Waals surface area contributed by atoms with Gasteiger partial charge in [-0.1, -0.05) is 41.3 Å². The average Bonchev–Trinajstić information content (AvgIpc) is 3.16. The normalized spacial score (nSPS) is 11.2. The number of carbonyl (C=O) groups excluding carboxylic acids is 1. The molecule has 0 atom stereocenters. The molecular weight excluding hydrogens is 491 g/mol. The molecule has 0 aliphatic heterocycles. The minimum atomic E-state index is -0.405. The Hall–Kier alpha value is -2.82. The van der Waals surface area contributed by atoms with Crippen LogP contribution in [0.25, 0.3) is 21.7 Å². The van der Waals surface area contributed by atoms with Crippen molar-refractivity contribution in [2.24, 2.45) is 0 Å². The van der Waals surface area contributed by atoms with E-state index in [1.807, 2.05) is 45.0 Å². The molecule has 4 aromatic rings. The van der Waals surface area contributed by atoms with Gasteiger partial charge in [0, 0.05) is 13.1 Å². The van der Waals surface area contributed by atoms with E-state index in [1.165, 1.54) is 51.9 Å². The number of para-hydroxylation sites is 1. The highest BCUT2D eigenvalue weighted by Crippen LogP contribution is 2.28. The van der Waals surface area contributed by atoms with Crippen LogP contribution in [0.2, 0.25) is 0 Å². The molecule has 0 saturated heterocycles. The van der Waals surface area contributed by atoms with E-state index in [0.717, 1.165) is 11.3 Å². The zero-order valence-corrected chi connectivity index (χ0v) is 21.4. The molecule has 0 radical (unpaired) electrons. The molecular formula is C24H23FN4O2S3. The number of rotatable bonds is 7. The molecule has 0 aliphatic rings. The van der Waals surface area contributed by atoms with Gasteiger partial charge >= 0.3 is 0 Å². The molecule has 2 aromatic carbocycles. The first-order valence-corrected chi connectivity index (χ1v) is 13.0. The first-order valence-electron chi connectivity index (χ1n) is 10.8. The Balaban J connectivity index is 1.93. The van der Waals surface area contributed by atoms with Crippen molar-refractivity contribution in [3.8, 4) is 11.4 Å². The second kappa shape index (κ2) is 10.2. The van der Waals surface area contributed by atoms with E-state index in [-0.39, 0.29) is 17.2 Å². The molecule has 0 bridgehead atoms. The van der Waals surface area contributed by atoms with E-state index >= 15 is 0 Å². The monoisotopic (exact) mass is 514 g/mol. The molecule has 1 amide bonds. The van der Waals surface area contributed by atoms with Crippen LogP contribution < -0.4 is 5.56 Å². The van der Waals surface area contributed by atoms with Gasteiger partial charge in [0.2, 0.25) is 5.91 Å². The predicted molar refractivity (Wildman–Crippen MR) is 139 cm³/mol. The van der Waals surface area contributed by atoms with E-state index in [2.05, 4.69) is 0 Å². The van der Waals surface area contributed by atoms with Crippen LogP contribution in [0.4, 0.5) is 4.39 Å². The molecule has 0 spiro atoms. The van der Waals surface area contributed by atoms with Crippen LogP contribution in [-0.4, -0.2) is 43.8 Å². The maximum Gasteiger partial charge on any atom is 0.278 e. The number of hydrogen-bond acceptors (Lipinski definition) is 6. The minimum absolute atomic E-state index is 0.0453. The fraction of sp³-hybridized carbons (Fsp3) is 0.250. The smallest absolute Gasteiger partial charge is 0.278 e. The van der Waals surface area contributed by atoms with E-state index in [9.17, 15) is 14.0 Å². The first kappa shape index (κ1) is 24.3. The van der Waals surface area contributed by atoms with E-state index in [0.29, 0.717) is 38.2 Å². The number of halogens is 1. The lowest BCUT2D eigenvalue weighted by atomic mass is 10.2. The average molecular weight is 515 g/mol. The third-order valence-electron chi connectivity index (χ3n) is 5.46. The van der Waals surface area contributed by atoms with Crippen molar-refractivity contribution in [3.05, 3.63) is 74.2 Å². The molecule has 0 saturated carbocycles. The van der Waals surface area contributed by atoms with Crippen molar-refractivity contribution in [2.45, 2.75) is 25.9 Å². The third kappa shape index (κ3) is 4.57. The number of fused-ring (bicyclic) bond motifs is 1. The van der Waals surface area contributed by atoms with Crippen molar-refractivity contribution in [2.75, 3.05) is 18.8 Å². The molecule has 34 heavy (non-hydrogen) atoms. The fourth-order valence-corrected chi connectivity index (χ4v) is 5.87. The Kier molecular flexibility index (Phi) is 7.30. The third-order valence-corrected chi connectivity index (χ3v) is 7.73. The van der Waals surface area contributed by atoms with Crippen LogP contribution in [0.5, 0.6) is 0 Å². The predicted octanol–water partition coefficient (Wildman–Crippen LogP) is 5.38. The molecule has 4 rings (SSSR count). The lowest BCUT2D eigenvalue weighted by molar-refractivity contribution is -0.127. The van der Waals surface area contributed by atoms with Gasteiger partial charge in [0.1, 0.15) is 10.5 Å². The lowest BCUT2D eigenvalue weighted by Gasteiger charge is -2.19. The Morgan fingerprint density at radius 2 is 1.79 bits per heavy atom. The van der Waals surface area contributed by atoms with Crippen LogP contribution in [0.3, 0.4) is 0 Å². The highest BCUT2D eigenvalue weighted by Gasteiger charge is 2.21. The van der Waals surface area contributed by atoms with Crippen LogP contribution in [0, 0.1) is 16.7 Å². The number of nitrogens with zero attached hydrogens (tertiary/aromatic N) is 4. The van der Waals surface area contributed by atoms with Crippen molar-refractivity contribution < 1.29 is 9.18 Å². The first-order chi connectivity index (χ1) is 16.3. The molecule has 0 unspecified atom stereocenters. The second-order valence-corrected chi connectivity index (χ2v) is 10.1. The Bertz CT molecular complexity index is 1470.